The van der Waals surface area contributed by atoms with Crippen LogP contribution < -0.4 is 0 Å². The lowest BCUT2D eigenvalue weighted by Gasteiger charge is -2.37. The second-order valence-electron chi connectivity index (χ2n) is 7.24. The van der Waals surface area contributed by atoms with E-state index in [0.29, 0.717) is 29.2 Å². The summed E-state index contributed by atoms with van der Waals surface area (Å²) in [6.45, 7) is 4.49. The Kier molecular flexibility index (Phi) is 6.50. The molecule has 0 saturated carbocycles. The molecule has 1 aromatic carbocycles. The smallest absolute Gasteiger partial charge is 0.184 e. The molecule has 0 spiro atoms. The van der Waals surface area contributed by atoms with Gasteiger partial charge in [-0.15, -0.1) is 0 Å². The summed E-state index contributed by atoms with van der Waals surface area (Å²) in [5, 5.41) is 3.84. The van der Waals surface area contributed by atoms with E-state index in [9.17, 15) is 14.0 Å². The molecule has 144 valence electrons. The molecule has 1 saturated heterocycles. The molecule has 0 amide bonds. The summed E-state index contributed by atoms with van der Waals surface area (Å²) in [5.41, 5.74) is 1.02. The standard InChI is InChI=1S/C21H25FN2O3/c1-15(25)17-13-24(14-17)11-5-3-2-4-6-20(26)19-12-21(27-23-19)16-7-9-18(22)10-8-16/h7-10,12,17H,2-6,11,13-14H2,1H3. The first kappa shape index (κ1) is 19.4. The number of carbonyl (C=O) groups is 2. The third-order valence-corrected chi connectivity index (χ3v) is 5.08. The van der Waals surface area contributed by atoms with E-state index in [-0.39, 0.29) is 17.5 Å². The van der Waals surface area contributed by atoms with Crippen LogP contribution in [-0.4, -0.2) is 41.3 Å². The Morgan fingerprint density at radius 3 is 2.56 bits per heavy atom. The molecule has 0 unspecified atom stereocenters. The van der Waals surface area contributed by atoms with Crippen molar-refractivity contribution in [1.29, 1.82) is 0 Å². The minimum absolute atomic E-state index is 0.0286. The Balaban J connectivity index is 1.32. The van der Waals surface area contributed by atoms with Crippen LogP contribution in [0.15, 0.2) is 34.9 Å². The van der Waals surface area contributed by atoms with Crippen molar-refractivity contribution < 1.29 is 18.5 Å². The van der Waals surface area contributed by atoms with Crippen LogP contribution in [0, 0.1) is 11.7 Å². The maximum Gasteiger partial charge on any atom is 0.184 e. The van der Waals surface area contributed by atoms with Crippen molar-refractivity contribution in [2.24, 2.45) is 5.92 Å². The van der Waals surface area contributed by atoms with Crippen molar-refractivity contribution in [3.63, 3.8) is 0 Å². The molecule has 27 heavy (non-hydrogen) atoms. The number of nitrogens with zero attached hydrogens (tertiary/aromatic N) is 2. The molecule has 5 nitrogen and oxygen atoms in total. The highest BCUT2D eigenvalue weighted by molar-refractivity contribution is 5.94. The molecule has 0 radical (unpaired) electrons. The van der Waals surface area contributed by atoms with Gasteiger partial charge in [-0.25, -0.2) is 4.39 Å². The molecule has 1 fully saturated rings. The number of hydrogen-bond acceptors (Lipinski definition) is 5. The number of Topliss-reactive ketones (excluding diaryl/α,β-unsaturated/α-hetero) is 2. The van der Waals surface area contributed by atoms with Crippen LogP contribution in [0.3, 0.4) is 0 Å². The van der Waals surface area contributed by atoms with E-state index in [1.165, 1.54) is 12.1 Å². The molecular weight excluding hydrogens is 347 g/mol. The Hall–Kier alpha value is -2.34. The average Bonchev–Trinajstić information content (AvgIpc) is 3.09. The van der Waals surface area contributed by atoms with E-state index in [1.54, 1.807) is 25.1 Å². The zero-order valence-corrected chi connectivity index (χ0v) is 15.6. The van der Waals surface area contributed by atoms with Gasteiger partial charge in [0.25, 0.3) is 0 Å². The summed E-state index contributed by atoms with van der Waals surface area (Å²) in [6, 6.07) is 7.51. The summed E-state index contributed by atoms with van der Waals surface area (Å²) in [6.07, 6.45) is 4.45. The summed E-state index contributed by atoms with van der Waals surface area (Å²) in [7, 11) is 0. The molecule has 3 rings (SSSR count). The van der Waals surface area contributed by atoms with Crippen molar-refractivity contribution in [1.82, 2.24) is 10.1 Å². The third kappa shape index (κ3) is 5.32. The Morgan fingerprint density at radius 1 is 1.15 bits per heavy atom. The normalized spacial score (nSPS) is 14.9. The second-order valence-corrected chi connectivity index (χ2v) is 7.24. The van der Waals surface area contributed by atoms with Gasteiger partial charge in [0.2, 0.25) is 0 Å². The van der Waals surface area contributed by atoms with Crippen molar-refractivity contribution in [2.45, 2.75) is 39.0 Å². The monoisotopic (exact) mass is 372 g/mol. The van der Waals surface area contributed by atoms with Crippen LogP contribution in [0.25, 0.3) is 11.3 Å². The average molecular weight is 372 g/mol. The van der Waals surface area contributed by atoms with Gasteiger partial charge in [0.05, 0.1) is 0 Å². The number of halogens is 1. The van der Waals surface area contributed by atoms with Crippen LogP contribution in [-0.2, 0) is 4.79 Å². The predicted molar refractivity (Wildman–Crippen MR) is 99.9 cm³/mol. The van der Waals surface area contributed by atoms with Crippen molar-refractivity contribution in [3.05, 3.63) is 41.8 Å². The summed E-state index contributed by atoms with van der Waals surface area (Å²) in [4.78, 5) is 25.7. The highest BCUT2D eigenvalue weighted by Gasteiger charge is 2.29. The molecule has 2 heterocycles. The Bertz CT molecular complexity index is 779. The van der Waals surface area contributed by atoms with E-state index in [2.05, 4.69) is 10.1 Å². The SMILES string of the molecule is CC(=O)C1CN(CCCCCCC(=O)c2cc(-c3ccc(F)cc3)on2)C1. The zero-order valence-electron chi connectivity index (χ0n) is 15.6. The van der Waals surface area contributed by atoms with Crippen molar-refractivity contribution >= 4 is 11.6 Å². The number of rotatable bonds is 10. The number of unbranched alkanes of at least 4 members (excludes halogenated alkanes) is 3. The fourth-order valence-electron chi connectivity index (χ4n) is 3.27. The van der Waals surface area contributed by atoms with Gasteiger partial charge in [-0.1, -0.05) is 18.0 Å². The molecular formula is C21H25FN2O3. The lowest BCUT2D eigenvalue weighted by Crippen LogP contribution is -2.49. The van der Waals surface area contributed by atoms with Crippen LogP contribution in [0.1, 0.15) is 49.5 Å². The van der Waals surface area contributed by atoms with Crippen LogP contribution in [0.5, 0.6) is 0 Å². The maximum atomic E-state index is 13.0. The number of ketones is 2. The quantitative estimate of drug-likeness (QED) is 0.463. The predicted octanol–water partition coefficient (Wildman–Crippen LogP) is 4.13. The topological polar surface area (TPSA) is 63.4 Å². The second kappa shape index (κ2) is 9.04. The van der Waals surface area contributed by atoms with E-state index in [4.69, 9.17) is 4.52 Å². The number of benzene rings is 1. The fraction of sp³-hybridized carbons (Fsp3) is 0.476. The zero-order chi connectivity index (χ0) is 19.2. The Labute approximate surface area is 158 Å². The number of carbonyl (C=O) groups excluding carboxylic acids is 2. The molecule has 2 aromatic rings. The molecule has 1 aromatic heterocycles. The summed E-state index contributed by atoms with van der Waals surface area (Å²) in [5.74, 6) is 0.656. The largest absolute Gasteiger partial charge is 0.356 e. The Morgan fingerprint density at radius 2 is 1.85 bits per heavy atom. The van der Waals surface area contributed by atoms with E-state index < -0.39 is 0 Å². The minimum atomic E-state index is -0.317. The van der Waals surface area contributed by atoms with Crippen molar-refractivity contribution in [2.75, 3.05) is 19.6 Å². The lowest BCUT2D eigenvalue weighted by molar-refractivity contribution is -0.125. The van der Waals surface area contributed by atoms with E-state index >= 15 is 0 Å². The molecule has 0 bridgehead atoms. The fourth-order valence-corrected chi connectivity index (χ4v) is 3.27. The van der Waals surface area contributed by atoms with Gasteiger partial charge in [-0.3, -0.25) is 9.59 Å². The molecule has 1 aliphatic rings. The van der Waals surface area contributed by atoms with Gasteiger partial charge < -0.3 is 9.42 Å². The highest BCUT2D eigenvalue weighted by atomic mass is 19.1. The highest BCUT2D eigenvalue weighted by Crippen LogP contribution is 2.22. The minimum Gasteiger partial charge on any atom is -0.356 e. The number of hydrogen-bond donors (Lipinski definition) is 0. The first-order valence-electron chi connectivity index (χ1n) is 9.51. The molecule has 0 aliphatic carbocycles. The van der Waals surface area contributed by atoms with E-state index in [1.807, 2.05) is 0 Å². The van der Waals surface area contributed by atoms with Gasteiger partial charge in [0, 0.05) is 37.1 Å². The molecule has 6 heteroatoms. The van der Waals surface area contributed by atoms with Gasteiger partial charge in [0.15, 0.2) is 11.5 Å². The van der Waals surface area contributed by atoms with Crippen LogP contribution in [0.2, 0.25) is 0 Å². The third-order valence-electron chi connectivity index (χ3n) is 5.08. The molecule has 0 atom stereocenters. The van der Waals surface area contributed by atoms with Gasteiger partial charge in [0.1, 0.15) is 17.3 Å². The van der Waals surface area contributed by atoms with E-state index in [0.717, 1.165) is 45.3 Å². The molecule has 0 N–H and O–H groups in total. The van der Waals surface area contributed by atoms with Gasteiger partial charge in [-0.2, -0.15) is 0 Å². The maximum absolute atomic E-state index is 13.0. The first-order chi connectivity index (χ1) is 13.0. The van der Waals surface area contributed by atoms with Gasteiger partial charge >= 0.3 is 0 Å². The van der Waals surface area contributed by atoms with Crippen LogP contribution in [0.4, 0.5) is 4.39 Å². The summed E-state index contributed by atoms with van der Waals surface area (Å²) >= 11 is 0. The first-order valence-corrected chi connectivity index (χ1v) is 9.51. The summed E-state index contributed by atoms with van der Waals surface area (Å²) < 4.78 is 18.2. The van der Waals surface area contributed by atoms with Crippen LogP contribution >= 0.6 is 0 Å². The number of aromatic nitrogens is 1. The van der Waals surface area contributed by atoms with Crippen molar-refractivity contribution in [3.8, 4) is 11.3 Å². The molecule has 1 aliphatic heterocycles. The lowest BCUT2D eigenvalue weighted by atomic mass is 9.96. The number of likely N-dealkylation sites (tertiary alicyclic amines) is 1. The van der Waals surface area contributed by atoms with Gasteiger partial charge in [-0.05, 0) is 50.6 Å².